The van der Waals surface area contributed by atoms with Crippen molar-refractivity contribution in [3.05, 3.63) is 80.9 Å². The predicted octanol–water partition coefficient (Wildman–Crippen LogP) is 1.93. The van der Waals surface area contributed by atoms with Gasteiger partial charge in [-0.3, -0.25) is 9.59 Å². The minimum Gasteiger partial charge on any atom is -0.497 e. The van der Waals surface area contributed by atoms with Crippen molar-refractivity contribution in [1.29, 1.82) is 0 Å². The molecule has 0 saturated heterocycles. The number of aromatic nitrogens is 2. The topological polar surface area (TPSA) is 102 Å². The highest BCUT2D eigenvalue weighted by molar-refractivity contribution is 6.04. The Hall–Kier alpha value is -3.88. The average molecular weight is 385 g/mol. The molecule has 0 aliphatic heterocycles. The van der Waals surface area contributed by atoms with Crippen LogP contribution in [0.15, 0.2) is 58.3 Å². The summed E-state index contributed by atoms with van der Waals surface area (Å²) in [5.74, 6) is -0.374. The van der Waals surface area contributed by atoms with Crippen molar-refractivity contribution in [2.75, 3.05) is 19.5 Å². The van der Waals surface area contributed by atoms with Crippen LogP contribution in [0.2, 0.25) is 0 Å². The molecule has 0 unspecified atom stereocenters. The van der Waals surface area contributed by atoms with E-state index < -0.39 is 23.0 Å². The fourth-order valence-corrected chi connectivity index (χ4v) is 2.54. The Bertz CT molecular complexity index is 1110. The van der Waals surface area contributed by atoms with E-state index in [-0.39, 0.29) is 11.3 Å². The van der Waals surface area contributed by atoms with E-state index in [0.29, 0.717) is 17.2 Å². The highest BCUT2D eigenvalue weighted by atomic mass is 19.1. The van der Waals surface area contributed by atoms with Crippen molar-refractivity contribution in [2.45, 2.75) is 0 Å². The molecular weight excluding hydrogens is 369 g/mol. The van der Waals surface area contributed by atoms with Crippen LogP contribution in [0.1, 0.15) is 10.4 Å². The van der Waals surface area contributed by atoms with Crippen LogP contribution in [0.25, 0.3) is 5.69 Å². The molecule has 2 aromatic carbocycles. The lowest BCUT2D eigenvalue weighted by Crippen LogP contribution is -2.38. The number of aromatic amines is 1. The molecule has 144 valence electrons. The van der Waals surface area contributed by atoms with Gasteiger partial charge in [0.2, 0.25) is 0 Å². The second kappa shape index (κ2) is 7.78. The molecule has 8 nitrogen and oxygen atoms in total. The number of carbonyl (C=O) groups is 1. The van der Waals surface area contributed by atoms with Crippen LogP contribution in [0.3, 0.4) is 0 Å². The third-order valence-corrected chi connectivity index (χ3v) is 3.92. The summed E-state index contributed by atoms with van der Waals surface area (Å²) in [5, 5.41) is 2.56. The lowest BCUT2D eigenvalue weighted by atomic mass is 10.2. The minimum absolute atomic E-state index is 0.130. The lowest BCUT2D eigenvalue weighted by Gasteiger charge is -2.10. The van der Waals surface area contributed by atoms with Gasteiger partial charge in [-0.15, -0.1) is 0 Å². The van der Waals surface area contributed by atoms with Gasteiger partial charge in [0.1, 0.15) is 22.9 Å². The number of nitrogens with zero attached hydrogens (tertiary/aromatic N) is 1. The van der Waals surface area contributed by atoms with Crippen LogP contribution >= 0.6 is 0 Å². The molecule has 3 aromatic rings. The summed E-state index contributed by atoms with van der Waals surface area (Å²) in [6.45, 7) is 0. The largest absolute Gasteiger partial charge is 0.497 e. The van der Waals surface area contributed by atoms with Crippen molar-refractivity contribution < 1.29 is 18.7 Å². The number of hydrogen-bond donors (Lipinski definition) is 2. The van der Waals surface area contributed by atoms with Crippen LogP contribution in [-0.2, 0) is 0 Å². The molecule has 0 saturated carbocycles. The molecule has 0 bridgehead atoms. The van der Waals surface area contributed by atoms with Gasteiger partial charge in [-0.05, 0) is 24.3 Å². The maximum Gasteiger partial charge on any atom is 0.333 e. The predicted molar refractivity (Wildman–Crippen MR) is 100 cm³/mol. The van der Waals surface area contributed by atoms with Crippen LogP contribution in [-0.4, -0.2) is 29.7 Å². The number of amides is 1. The zero-order valence-corrected chi connectivity index (χ0v) is 15.0. The van der Waals surface area contributed by atoms with Gasteiger partial charge in [0.05, 0.1) is 19.9 Å². The second-order valence-corrected chi connectivity index (χ2v) is 5.68. The van der Waals surface area contributed by atoms with E-state index in [9.17, 15) is 18.8 Å². The molecule has 2 N–H and O–H groups in total. The molecule has 0 atom stereocenters. The zero-order chi connectivity index (χ0) is 20.3. The number of anilines is 1. The van der Waals surface area contributed by atoms with Crippen LogP contribution in [0, 0.1) is 5.82 Å². The van der Waals surface area contributed by atoms with Gasteiger partial charge in [0.15, 0.2) is 0 Å². The summed E-state index contributed by atoms with van der Waals surface area (Å²) in [6.07, 6.45) is 1.03. The Morgan fingerprint density at radius 2 is 1.64 bits per heavy atom. The molecule has 0 fully saturated rings. The molecular formula is C19H16FN3O5. The molecule has 3 rings (SSSR count). The number of carbonyl (C=O) groups excluding carboxylic acids is 1. The Labute approximate surface area is 158 Å². The highest BCUT2D eigenvalue weighted by Crippen LogP contribution is 2.25. The molecule has 1 aromatic heterocycles. The maximum absolute atomic E-state index is 13.1. The van der Waals surface area contributed by atoms with E-state index in [1.54, 1.807) is 18.2 Å². The summed E-state index contributed by atoms with van der Waals surface area (Å²) in [5.41, 5.74) is -1.44. The number of benzene rings is 2. The molecule has 0 spiro atoms. The number of H-pyrrole nitrogens is 1. The standard InChI is InChI=1S/C19H16FN3O5/c1-27-14-7-12(8-15(9-14)28-2)22-17(24)16-10-21-19(26)23(18(16)25)13-5-3-11(20)4-6-13/h3-10H,1-2H3,(H,21,26)(H,22,24). The first-order valence-corrected chi connectivity index (χ1v) is 8.08. The fourth-order valence-electron chi connectivity index (χ4n) is 2.54. The number of hydrogen-bond acceptors (Lipinski definition) is 5. The lowest BCUT2D eigenvalue weighted by molar-refractivity contribution is 0.102. The maximum atomic E-state index is 13.1. The first-order valence-electron chi connectivity index (χ1n) is 8.08. The van der Waals surface area contributed by atoms with Gasteiger partial charge in [0.25, 0.3) is 11.5 Å². The van der Waals surface area contributed by atoms with Crippen molar-refractivity contribution in [2.24, 2.45) is 0 Å². The second-order valence-electron chi connectivity index (χ2n) is 5.68. The summed E-state index contributed by atoms with van der Waals surface area (Å²) >= 11 is 0. The van der Waals surface area contributed by atoms with E-state index in [4.69, 9.17) is 9.47 Å². The Balaban J connectivity index is 1.99. The molecule has 0 aliphatic rings. The van der Waals surface area contributed by atoms with Crippen LogP contribution in [0.4, 0.5) is 10.1 Å². The Morgan fingerprint density at radius 1 is 1.04 bits per heavy atom. The Kier molecular flexibility index (Phi) is 5.25. The number of methoxy groups -OCH3 is 2. The van der Waals surface area contributed by atoms with Gasteiger partial charge in [-0.1, -0.05) is 0 Å². The van der Waals surface area contributed by atoms with Gasteiger partial charge in [-0.2, -0.15) is 0 Å². The van der Waals surface area contributed by atoms with Gasteiger partial charge >= 0.3 is 5.69 Å². The van der Waals surface area contributed by atoms with E-state index in [1.165, 1.54) is 26.4 Å². The monoisotopic (exact) mass is 385 g/mol. The van der Waals surface area contributed by atoms with Gasteiger partial charge in [-0.25, -0.2) is 13.8 Å². The third-order valence-electron chi connectivity index (χ3n) is 3.92. The van der Waals surface area contributed by atoms with E-state index >= 15 is 0 Å². The third kappa shape index (κ3) is 3.78. The van der Waals surface area contributed by atoms with Gasteiger partial charge in [0, 0.05) is 30.1 Å². The van der Waals surface area contributed by atoms with Crippen LogP contribution in [0.5, 0.6) is 11.5 Å². The fraction of sp³-hybridized carbons (Fsp3) is 0.105. The molecule has 0 aliphatic carbocycles. The minimum atomic E-state index is -0.845. The highest BCUT2D eigenvalue weighted by Gasteiger charge is 2.17. The quantitative estimate of drug-likeness (QED) is 0.699. The zero-order valence-electron chi connectivity index (χ0n) is 15.0. The summed E-state index contributed by atoms with van der Waals surface area (Å²) in [4.78, 5) is 39.7. The molecule has 1 amide bonds. The van der Waals surface area contributed by atoms with Crippen LogP contribution < -0.4 is 26.0 Å². The van der Waals surface area contributed by atoms with Crippen molar-refractivity contribution in [3.63, 3.8) is 0 Å². The first-order chi connectivity index (χ1) is 13.4. The summed E-state index contributed by atoms with van der Waals surface area (Å²) in [7, 11) is 2.92. The Morgan fingerprint density at radius 3 is 2.21 bits per heavy atom. The van der Waals surface area contributed by atoms with E-state index in [1.807, 2.05) is 0 Å². The summed E-state index contributed by atoms with van der Waals surface area (Å²) in [6, 6.07) is 9.46. The SMILES string of the molecule is COc1cc(NC(=O)c2c[nH]c(=O)n(-c3ccc(F)cc3)c2=O)cc(OC)c1. The number of nitrogens with one attached hydrogen (secondary N) is 2. The molecule has 0 radical (unpaired) electrons. The van der Waals surface area contributed by atoms with Crippen molar-refractivity contribution in [3.8, 4) is 17.2 Å². The molecule has 1 heterocycles. The van der Waals surface area contributed by atoms with E-state index in [2.05, 4.69) is 10.3 Å². The smallest absolute Gasteiger partial charge is 0.333 e. The average Bonchev–Trinajstić information content (AvgIpc) is 2.69. The van der Waals surface area contributed by atoms with E-state index in [0.717, 1.165) is 22.9 Å². The molecule has 9 heteroatoms. The number of rotatable bonds is 5. The number of halogens is 1. The molecule has 28 heavy (non-hydrogen) atoms. The number of ether oxygens (including phenoxy) is 2. The van der Waals surface area contributed by atoms with Crippen molar-refractivity contribution in [1.82, 2.24) is 9.55 Å². The summed E-state index contributed by atoms with van der Waals surface area (Å²) < 4.78 is 24.1. The van der Waals surface area contributed by atoms with Gasteiger partial charge < -0.3 is 19.8 Å². The van der Waals surface area contributed by atoms with Crippen molar-refractivity contribution >= 4 is 11.6 Å². The normalized spacial score (nSPS) is 10.4. The first kappa shape index (κ1) is 18.9.